The van der Waals surface area contributed by atoms with Crippen LogP contribution in [-0.2, 0) is 14.3 Å². The summed E-state index contributed by atoms with van der Waals surface area (Å²) in [7, 11) is 0. The summed E-state index contributed by atoms with van der Waals surface area (Å²) in [4.78, 5) is 23.9. The van der Waals surface area contributed by atoms with Crippen molar-refractivity contribution in [2.24, 2.45) is 5.73 Å². The van der Waals surface area contributed by atoms with Gasteiger partial charge in [0.2, 0.25) is 0 Å². The number of rotatable bonds is 6. The predicted molar refractivity (Wildman–Crippen MR) is 80.2 cm³/mol. The zero-order valence-corrected chi connectivity index (χ0v) is 12.7. The Morgan fingerprint density at radius 1 is 1.48 bits per heavy atom. The average Bonchev–Trinajstić information content (AvgIpc) is 2.98. The molecule has 2 atom stereocenters. The lowest BCUT2D eigenvalue weighted by Crippen LogP contribution is -2.30. The van der Waals surface area contributed by atoms with E-state index in [1.807, 2.05) is 12.1 Å². The number of primary amides is 1. The van der Waals surface area contributed by atoms with Crippen LogP contribution in [0, 0.1) is 0 Å². The zero-order valence-electron chi connectivity index (χ0n) is 11.9. The summed E-state index contributed by atoms with van der Waals surface area (Å²) >= 11 is 1.57. The molecule has 0 spiro atoms. The molecule has 0 radical (unpaired) electrons. The van der Waals surface area contributed by atoms with E-state index < -0.39 is 18.0 Å². The molecule has 2 rings (SSSR count). The van der Waals surface area contributed by atoms with Crippen LogP contribution >= 0.6 is 11.8 Å². The first-order chi connectivity index (χ1) is 10.1. The highest BCUT2D eigenvalue weighted by molar-refractivity contribution is 7.99. The van der Waals surface area contributed by atoms with Crippen molar-refractivity contribution in [1.82, 2.24) is 0 Å². The number of carbonyl (C=O) groups excluding carboxylic acids is 2. The third-order valence-electron chi connectivity index (χ3n) is 3.24. The quantitative estimate of drug-likeness (QED) is 0.642. The van der Waals surface area contributed by atoms with Gasteiger partial charge < -0.3 is 15.2 Å². The van der Waals surface area contributed by atoms with E-state index in [2.05, 4.69) is 0 Å². The smallest absolute Gasteiger partial charge is 0.340 e. The van der Waals surface area contributed by atoms with Crippen LogP contribution in [0.1, 0.15) is 30.1 Å². The fourth-order valence-electron chi connectivity index (χ4n) is 2.00. The van der Waals surface area contributed by atoms with Crippen molar-refractivity contribution in [3.05, 3.63) is 29.8 Å². The molecule has 1 aromatic rings. The normalized spacial score (nSPS) is 19.2. The minimum atomic E-state index is -0.936. The van der Waals surface area contributed by atoms with Gasteiger partial charge in [0, 0.05) is 17.3 Å². The standard InChI is InChI=1S/C15H19NO4S/c1-10(14(16)17)20-15(18)12-6-2-3-7-13(12)21-9-11-5-4-8-19-11/h2-3,6-7,10-11H,4-5,8-9H2,1H3,(H2,16,17)/t10-,11+/m0/s1. The number of ether oxygens (including phenoxy) is 2. The molecule has 1 amide bonds. The molecular weight excluding hydrogens is 290 g/mol. The van der Waals surface area contributed by atoms with Crippen LogP contribution in [-0.4, -0.2) is 36.4 Å². The zero-order chi connectivity index (χ0) is 15.2. The van der Waals surface area contributed by atoms with E-state index in [0.717, 1.165) is 30.1 Å². The molecular formula is C15H19NO4S. The monoisotopic (exact) mass is 309 g/mol. The number of hydrogen-bond donors (Lipinski definition) is 1. The Morgan fingerprint density at radius 3 is 2.90 bits per heavy atom. The van der Waals surface area contributed by atoms with Gasteiger partial charge in [-0.1, -0.05) is 12.1 Å². The van der Waals surface area contributed by atoms with Crippen molar-refractivity contribution in [2.75, 3.05) is 12.4 Å². The second kappa shape index (κ2) is 7.47. The minimum Gasteiger partial charge on any atom is -0.449 e. The fraction of sp³-hybridized carbons (Fsp3) is 0.467. The van der Waals surface area contributed by atoms with Crippen molar-refractivity contribution in [2.45, 2.75) is 36.9 Å². The molecule has 0 saturated carbocycles. The van der Waals surface area contributed by atoms with Gasteiger partial charge in [-0.05, 0) is 31.9 Å². The van der Waals surface area contributed by atoms with Gasteiger partial charge in [-0.2, -0.15) is 0 Å². The number of benzene rings is 1. The lowest BCUT2D eigenvalue weighted by atomic mass is 10.2. The molecule has 1 aromatic carbocycles. The van der Waals surface area contributed by atoms with Crippen LogP contribution in [0.2, 0.25) is 0 Å². The highest BCUT2D eigenvalue weighted by Gasteiger charge is 2.20. The molecule has 5 nitrogen and oxygen atoms in total. The van der Waals surface area contributed by atoms with Gasteiger partial charge in [0.25, 0.3) is 5.91 Å². The first-order valence-electron chi connectivity index (χ1n) is 6.91. The summed E-state index contributed by atoms with van der Waals surface area (Å²) in [6.45, 7) is 2.27. The van der Waals surface area contributed by atoms with Crippen LogP contribution in [0.4, 0.5) is 0 Å². The van der Waals surface area contributed by atoms with Crippen molar-refractivity contribution < 1.29 is 19.1 Å². The highest BCUT2D eigenvalue weighted by atomic mass is 32.2. The van der Waals surface area contributed by atoms with Crippen LogP contribution < -0.4 is 5.73 Å². The second-order valence-corrected chi connectivity index (χ2v) is 5.95. The Morgan fingerprint density at radius 2 is 2.24 bits per heavy atom. The molecule has 0 unspecified atom stereocenters. The Balaban J connectivity index is 2.01. The Labute approximate surface area is 128 Å². The molecule has 0 aromatic heterocycles. The number of carbonyl (C=O) groups is 2. The Hall–Kier alpha value is -1.53. The summed E-state index contributed by atoms with van der Waals surface area (Å²) < 4.78 is 10.6. The first kappa shape index (κ1) is 15.9. The third-order valence-corrected chi connectivity index (χ3v) is 4.45. The molecule has 1 heterocycles. The van der Waals surface area contributed by atoms with Crippen LogP contribution in [0.25, 0.3) is 0 Å². The molecule has 1 saturated heterocycles. The largest absolute Gasteiger partial charge is 0.449 e. The van der Waals surface area contributed by atoms with E-state index in [1.165, 1.54) is 6.92 Å². The van der Waals surface area contributed by atoms with E-state index in [1.54, 1.807) is 23.9 Å². The number of hydrogen-bond acceptors (Lipinski definition) is 5. The lowest BCUT2D eigenvalue weighted by Gasteiger charge is -2.13. The molecule has 2 N–H and O–H groups in total. The molecule has 114 valence electrons. The molecule has 1 aliphatic rings. The van der Waals surface area contributed by atoms with E-state index in [9.17, 15) is 9.59 Å². The summed E-state index contributed by atoms with van der Waals surface area (Å²) in [5.41, 5.74) is 5.56. The second-order valence-electron chi connectivity index (χ2n) is 4.89. The summed E-state index contributed by atoms with van der Waals surface area (Å²) in [6, 6.07) is 7.19. The van der Waals surface area contributed by atoms with Gasteiger partial charge >= 0.3 is 5.97 Å². The van der Waals surface area contributed by atoms with Crippen LogP contribution in [0.3, 0.4) is 0 Å². The fourth-order valence-corrected chi connectivity index (χ4v) is 3.11. The molecule has 0 bridgehead atoms. The lowest BCUT2D eigenvalue weighted by molar-refractivity contribution is -0.125. The molecule has 1 fully saturated rings. The minimum absolute atomic E-state index is 0.239. The summed E-state index contributed by atoms with van der Waals surface area (Å²) in [5.74, 6) is -0.389. The first-order valence-corrected chi connectivity index (χ1v) is 7.90. The Bertz CT molecular complexity index is 514. The maximum atomic E-state index is 12.1. The van der Waals surface area contributed by atoms with Crippen LogP contribution in [0.15, 0.2) is 29.2 Å². The van der Waals surface area contributed by atoms with Gasteiger partial charge in [-0.15, -0.1) is 11.8 Å². The van der Waals surface area contributed by atoms with Gasteiger partial charge in [0.15, 0.2) is 6.10 Å². The average molecular weight is 309 g/mol. The van der Waals surface area contributed by atoms with Crippen molar-refractivity contribution in [1.29, 1.82) is 0 Å². The summed E-state index contributed by atoms with van der Waals surface area (Å²) in [6.07, 6.45) is 1.45. The van der Waals surface area contributed by atoms with Gasteiger partial charge in [-0.25, -0.2) is 4.79 Å². The number of nitrogens with two attached hydrogens (primary N) is 1. The van der Waals surface area contributed by atoms with E-state index in [4.69, 9.17) is 15.2 Å². The summed E-state index contributed by atoms with van der Waals surface area (Å²) in [5, 5.41) is 0. The highest BCUT2D eigenvalue weighted by Crippen LogP contribution is 2.27. The van der Waals surface area contributed by atoms with Crippen LogP contribution in [0.5, 0.6) is 0 Å². The van der Waals surface area contributed by atoms with Gasteiger partial charge in [0.05, 0.1) is 11.7 Å². The van der Waals surface area contributed by atoms with E-state index in [0.29, 0.717) is 5.56 Å². The van der Waals surface area contributed by atoms with Gasteiger partial charge in [-0.3, -0.25) is 4.79 Å². The molecule has 6 heteroatoms. The topological polar surface area (TPSA) is 78.6 Å². The van der Waals surface area contributed by atoms with E-state index >= 15 is 0 Å². The molecule has 1 aliphatic heterocycles. The molecule has 21 heavy (non-hydrogen) atoms. The van der Waals surface area contributed by atoms with Crippen molar-refractivity contribution in [3.8, 4) is 0 Å². The van der Waals surface area contributed by atoms with Gasteiger partial charge in [0.1, 0.15) is 0 Å². The third kappa shape index (κ3) is 4.47. The predicted octanol–water partition coefficient (Wildman–Crippen LogP) is 1.99. The molecule has 0 aliphatic carbocycles. The maximum Gasteiger partial charge on any atom is 0.340 e. The SMILES string of the molecule is C[C@H](OC(=O)c1ccccc1SC[C@H]1CCCO1)C(N)=O. The number of esters is 1. The van der Waals surface area contributed by atoms with Crippen molar-refractivity contribution in [3.63, 3.8) is 0 Å². The van der Waals surface area contributed by atoms with Crippen molar-refractivity contribution >= 4 is 23.6 Å². The number of thioether (sulfide) groups is 1. The van der Waals surface area contributed by atoms with E-state index in [-0.39, 0.29) is 6.10 Å². The Kier molecular flexibility index (Phi) is 5.64. The maximum absolute atomic E-state index is 12.1. The number of amides is 1.